The highest BCUT2D eigenvalue weighted by Crippen LogP contribution is 2.41. The lowest BCUT2D eigenvalue weighted by molar-refractivity contribution is 0.459. The van der Waals surface area contributed by atoms with Crippen LogP contribution in [0.1, 0.15) is 38.9 Å². The van der Waals surface area contributed by atoms with Crippen LogP contribution >= 0.6 is 11.5 Å². The molecule has 1 aliphatic carbocycles. The highest BCUT2D eigenvalue weighted by atomic mass is 32.1. The van der Waals surface area contributed by atoms with Crippen LogP contribution in [-0.2, 0) is 6.42 Å². The van der Waals surface area contributed by atoms with Crippen LogP contribution in [-0.4, -0.2) is 21.4 Å². The average molecular weight is 240 g/mol. The SMILES string of the molecule is CCCc1nsc(NC(C)(CN)C2CC2)n1. The minimum absolute atomic E-state index is 0.00299. The van der Waals surface area contributed by atoms with E-state index in [1.807, 2.05) is 0 Å². The Morgan fingerprint density at radius 1 is 1.56 bits per heavy atom. The van der Waals surface area contributed by atoms with Crippen molar-refractivity contribution in [2.45, 2.75) is 45.1 Å². The smallest absolute Gasteiger partial charge is 0.203 e. The fourth-order valence-corrected chi connectivity index (χ4v) is 2.66. The third kappa shape index (κ3) is 2.52. The zero-order chi connectivity index (χ0) is 11.6. The number of anilines is 1. The molecule has 2 rings (SSSR count). The molecule has 1 aliphatic rings. The largest absolute Gasteiger partial charge is 0.354 e. The monoisotopic (exact) mass is 240 g/mol. The van der Waals surface area contributed by atoms with Gasteiger partial charge in [0.25, 0.3) is 0 Å². The standard InChI is InChI=1S/C11H20N4S/c1-3-4-9-13-10(16-15-9)14-11(2,7-12)8-5-6-8/h8H,3-7,12H2,1-2H3,(H,13,14,15). The molecule has 0 spiro atoms. The summed E-state index contributed by atoms with van der Waals surface area (Å²) in [5.74, 6) is 1.65. The first-order chi connectivity index (χ1) is 7.68. The molecule has 1 heterocycles. The predicted molar refractivity (Wildman–Crippen MR) is 67.7 cm³/mol. The van der Waals surface area contributed by atoms with Crippen molar-refractivity contribution in [3.05, 3.63) is 5.82 Å². The van der Waals surface area contributed by atoms with Crippen LogP contribution in [0.3, 0.4) is 0 Å². The third-order valence-corrected chi connectivity index (χ3v) is 3.90. The molecule has 5 heteroatoms. The minimum Gasteiger partial charge on any atom is -0.354 e. The Kier molecular flexibility index (Phi) is 3.44. The lowest BCUT2D eigenvalue weighted by atomic mass is 9.96. The molecule has 1 atom stereocenters. The van der Waals surface area contributed by atoms with Crippen molar-refractivity contribution >= 4 is 16.7 Å². The Morgan fingerprint density at radius 2 is 2.31 bits per heavy atom. The van der Waals surface area contributed by atoms with Crippen LogP contribution in [0, 0.1) is 5.92 Å². The van der Waals surface area contributed by atoms with Gasteiger partial charge in [0.2, 0.25) is 5.13 Å². The van der Waals surface area contributed by atoms with Gasteiger partial charge in [-0.1, -0.05) is 6.92 Å². The maximum atomic E-state index is 5.86. The molecule has 0 radical (unpaired) electrons. The molecular weight excluding hydrogens is 220 g/mol. The highest BCUT2D eigenvalue weighted by Gasteiger charge is 2.41. The molecule has 1 saturated carbocycles. The van der Waals surface area contributed by atoms with E-state index in [0.717, 1.165) is 23.8 Å². The minimum atomic E-state index is 0.00299. The van der Waals surface area contributed by atoms with Crippen molar-refractivity contribution in [3.63, 3.8) is 0 Å². The van der Waals surface area contributed by atoms with Gasteiger partial charge in [-0.05, 0) is 32.1 Å². The van der Waals surface area contributed by atoms with E-state index < -0.39 is 0 Å². The zero-order valence-corrected chi connectivity index (χ0v) is 10.8. The number of hydrogen-bond donors (Lipinski definition) is 2. The van der Waals surface area contributed by atoms with Crippen LogP contribution in [0.15, 0.2) is 0 Å². The molecule has 1 aromatic heterocycles. The van der Waals surface area contributed by atoms with Gasteiger partial charge in [-0.2, -0.15) is 4.37 Å². The lowest BCUT2D eigenvalue weighted by Crippen LogP contribution is -2.44. The van der Waals surface area contributed by atoms with E-state index in [1.165, 1.54) is 24.4 Å². The van der Waals surface area contributed by atoms with Gasteiger partial charge in [0, 0.05) is 24.5 Å². The highest BCUT2D eigenvalue weighted by molar-refractivity contribution is 7.09. The van der Waals surface area contributed by atoms with E-state index in [2.05, 4.69) is 28.5 Å². The number of hydrogen-bond acceptors (Lipinski definition) is 5. The van der Waals surface area contributed by atoms with Gasteiger partial charge in [-0.15, -0.1) is 0 Å². The van der Waals surface area contributed by atoms with E-state index >= 15 is 0 Å². The Balaban J connectivity index is 2.01. The molecule has 3 N–H and O–H groups in total. The van der Waals surface area contributed by atoms with Crippen molar-refractivity contribution < 1.29 is 0 Å². The van der Waals surface area contributed by atoms with Crippen LogP contribution in [0.25, 0.3) is 0 Å². The fourth-order valence-electron chi connectivity index (χ4n) is 1.91. The van der Waals surface area contributed by atoms with E-state index in [4.69, 9.17) is 5.73 Å². The number of aromatic nitrogens is 2. The second-order valence-corrected chi connectivity index (χ2v) is 5.54. The maximum absolute atomic E-state index is 5.86. The van der Waals surface area contributed by atoms with Crippen molar-refractivity contribution in [1.82, 2.24) is 9.36 Å². The van der Waals surface area contributed by atoms with Gasteiger partial charge in [-0.25, -0.2) is 4.98 Å². The van der Waals surface area contributed by atoms with E-state index in [0.29, 0.717) is 12.5 Å². The van der Waals surface area contributed by atoms with Crippen molar-refractivity contribution in [2.75, 3.05) is 11.9 Å². The van der Waals surface area contributed by atoms with Gasteiger partial charge in [0.05, 0.1) is 5.54 Å². The number of aryl methyl sites for hydroxylation is 1. The van der Waals surface area contributed by atoms with Gasteiger partial charge < -0.3 is 11.1 Å². The molecule has 0 saturated heterocycles. The topological polar surface area (TPSA) is 63.8 Å². The van der Waals surface area contributed by atoms with Crippen LogP contribution < -0.4 is 11.1 Å². The molecule has 1 aromatic rings. The summed E-state index contributed by atoms with van der Waals surface area (Å²) in [6.45, 7) is 4.98. The summed E-state index contributed by atoms with van der Waals surface area (Å²) >= 11 is 1.45. The summed E-state index contributed by atoms with van der Waals surface area (Å²) in [5.41, 5.74) is 5.86. The van der Waals surface area contributed by atoms with Crippen molar-refractivity contribution in [1.29, 1.82) is 0 Å². The fraction of sp³-hybridized carbons (Fsp3) is 0.818. The summed E-state index contributed by atoms with van der Waals surface area (Å²) in [6.07, 6.45) is 4.61. The molecule has 0 aromatic carbocycles. The van der Waals surface area contributed by atoms with E-state index in [1.54, 1.807) is 0 Å². The quantitative estimate of drug-likeness (QED) is 0.798. The molecule has 0 bridgehead atoms. The van der Waals surface area contributed by atoms with Gasteiger partial charge in [0.15, 0.2) is 0 Å². The number of nitrogens with zero attached hydrogens (tertiary/aromatic N) is 2. The van der Waals surface area contributed by atoms with E-state index in [9.17, 15) is 0 Å². The average Bonchev–Trinajstić information content (AvgIpc) is 3.04. The predicted octanol–water partition coefficient (Wildman–Crippen LogP) is 2.03. The summed E-state index contributed by atoms with van der Waals surface area (Å²) in [7, 11) is 0. The van der Waals surface area contributed by atoms with Crippen LogP contribution in [0.4, 0.5) is 5.13 Å². The number of rotatable bonds is 6. The normalized spacial score (nSPS) is 19.4. The second kappa shape index (κ2) is 4.67. The van der Waals surface area contributed by atoms with Crippen LogP contribution in [0.2, 0.25) is 0 Å². The summed E-state index contributed by atoms with van der Waals surface area (Å²) in [6, 6.07) is 0. The summed E-state index contributed by atoms with van der Waals surface area (Å²) < 4.78 is 4.33. The molecule has 0 aliphatic heterocycles. The molecule has 90 valence electrons. The van der Waals surface area contributed by atoms with Crippen molar-refractivity contribution in [3.8, 4) is 0 Å². The Hall–Kier alpha value is -0.680. The molecule has 1 fully saturated rings. The first-order valence-corrected chi connectivity index (χ1v) is 6.76. The van der Waals surface area contributed by atoms with Crippen molar-refractivity contribution in [2.24, 2.45) is 11.7 Å². The molecule has 4 nitrogen and oxygen atoms in total. The molecular formula is C11H20N4S. The zero-order valence-electron chi connectivity index (χ0n) is 9.99. The van der Waals surface area contributed by atoms with Gasteiger partial charge >= 0.3 is 0 Å². The number of nitrogens with one attached hydrogen (secondary N) is 1. The lowest BCUT2D eigenvalue weighted by Gasteiger charge is -2.28. The molecule has 1 unspecified atom stereocenters. The van der Waals surface area contributed by atoms with Gasteiger partial charge in [-0.3, -0.25) is 0 Å². The number of nitrogens with two attached hydrogens (primary N) is 1. The van der Waals surface area contributed by atoms with Gasteiger partial charge in [0.1, 0.15) is 5.82 Å². The summed E-state index contributed by atoms with van der Waals surface area (Å²) in [4.78, 5) is 4.48. The van der Waals surface area contributed by atoms with E-state index in [-0.39, 0.29) is 5.54 Å². The Bertz CT molecular complexity index is 348. The summed E-state index contributed by atoms with van der Waals surface area (Å²) in [5, 5.41) is 4.39. The first kappa shape index (κ1) is 11.8. The first-order valence-electron chi connectivity index (χ1n) is 5.99. The maximum Gasteiger partial charge on any atom is 0.203 e. The third-order valence-electron chi connectivity index (χ3n) is 3.24. The molecule has 16 heavy (non-hydrogen) atoms. The Morgan fingerprint density at radius 3 is 2.88 bits per heavy atom. The molecule has 0 amide bonds. The van der Waals surface area contributed by atoms with Crippen LogP contribution in [0.5, 0.6) is 0 Å². The second-order valence-electron chi connectivity index (χ2n) is 4.79. The Labute approximate surface area is 101 Å².